The van der Waals surface area contributed by atoms with Gasteiger partial charge in [-0.15, -0.1) is 0 Å². The summed E-state index contributed by atoms with van der Waals surface area (Å²) in [6, 6.07) is 2.10. The van der Waals surface area contributed by atoms with Gasteiger partial charge in [-0.3, -0.25) is 4.79 Å². The van der Waals surface area contributed by atoms with Crippen LogP contribution in [0.4, 0.5) is 4.79 Å². The molecule has 6 heteroatoms. The average molecular weight is 360 g/mol. The SMILES string of the molecule is COc1nc2c(cc1C1CCN(C(=O)OC(C)(C)C)CC1)CCCC2=O. The standard InChI is InChI=1S/C20H28N2O4/c1-20(2,3)26-19(24)22-10-8-13(9-11-22)15-12-14-6-5-7-16(23)17(14)21-18(15)25-4/h12-13H,5-11H2,1-4H3. The summed E-state index contributed by atoms with van der Waals surface area (Å²) in [5.41, 5.74) is 2.19. The number of ketones is 1. The number of hydrogen-bond donors (Lipinski definition) is 0. The summed E-state index contributed by atoms with van der Waals surface area (Å²) in [7, 11) is 1.60. The maximum Gasteiger partial charge on any atom is 0.410 e. The molecule has 1 aromatic heterocycles. The highest BCUT2D eigenvalue weighted by molar-refractivity contribution is 5.96. The number of carbonyl (C=O) groups excluding carboxylic acids is 2. The third kappa shape index (κ3) is 4.00. The molecular formula is C20H28N2O4. The van der Waals surface area contributed by atoms with E-state index in [1.807, 2.05) is 20.8 Å². The van der Waals surface area contributed by atoms with Gasteiger partial charge >= 0.3 is 6.09 Å². The number of hydrogen-bond acceptors (Lipinski definition) is 5. The van der Waals surface area contributed by atoms with Crippen LogP contribution in [0.25, 0.3) is 0 Å². The van der Waals surface area contributed by atoms with Crippen LogP contribution in [0.3, 0.4) is 0 Å². The van der Waals surface area contributed by atoms with Gasteiger partial charge in [0.1, 0.15) is 11.3 Å². The number of pyridine rings is 1. The number of carbonyl (C=O) groups is 2. The molecule has 1 aromatic rings. The minimum Gasteiger partial charge on any atom is -0.481 e. The van der Waals surface area contributed by atoms with Gasteiger partial charge in [-0.25, -0.2) is 9.78 Å². The molecule has 1 aliphatic carbocycles. The molecule has 0 N–H and O–H groups in total. The van der Waals surface area contributed by atoms with E-state index in [1.54, 1.807) is 12.0 Å². The first-order chi connectivity index (χ1) is 12.3. The summed E-state index contributed by atoms with van der Waals surface area (Å²) in [5, 5.41) is 0. The van der Waals surface area contributed by atoms with Crippen molar-refractivity contribution >= 4 is 11.9 Å². The number of piperidine rings is 1. The second-order valence-corrected chi connectivity index (χ2v) is 8.11. The molecule has 1 fully saturated rings. The Labute approximate surface area is 154 Å². The fraction of sp³-hybridized carbons (Fsp3) is 0.650. The van der Waals surface area contributed by atoms with Crippen molar-refractivity contribution < 1.29 is 19.1 Å². The summed E-state index contributed by atoms with van der Waals surface area (Å²) in [4.78, 5) is 30.6. The topological polar surface area (TPSA) is 68.7 Å². The molecule has 1 amide bonds. The van der Waals surface area contributed by atoms with Crippen LogP contribution in [0.1, 0.15) is 74.0 Å². The fourth-order valence-corrected chi connectivity index (χ4v) is 3.70. The van der Waals surface area contributed by atoms with Gasteiger partial charge in [-0.05, 0) is 64.0 Å². The van der Waals surface area contributed by atoms with Crippen molar-refractivity contribution in [3.05, 3.63) is 22.9 Å². The Bertz CT molecular complexity index is 700. The van der Waals surface area contributed by atoms with E-state index in [0.717, 1.165) is 36.8 Å². The predicted octanol–water partition coefficient (Wildman–Crippen LogP) is 3.72. The van der Waals surface area contributed by atoms with Crippen molar-refractivity contribution in [1.82, 2.24) is 9.88 Å². The first kappa shape index (κ1) is 18.7. The number of aryl methyl sites for hydroxylation is 1. The monoisotopic (exact) mass is 360 g/mol. The van der Waals surface area contributed by atoms with Crippen LogP contribution in [-0.4, -0.2) is 47.6 Å². The first-order valence-electron chi connectivity index (χ1n) is 9.37. The molecule has 0 atom stereocenters. The lowest BCUT2D eigenvalue weighted by Crippen LogP contribution is -2.41. The van der Waals surface area contributed by atoms with Gasteiger partial charge in [-0.1, -0.05) is 0 Å². The van der Waals surface area contributed by atoms with Crippen molar-refractivity contribution in [2.24, 2.45) is 0 Å². The number of fused-ring (bicyclic) bond motifs is 1. The van der Waals surface area contributed by atoms with Crippen LogP contribution in [-0.2, 0) is 11.2 Å². The average Bonchev–Trinajstić information content (AvgIpc) is 2.60. The second-order valence-electron chi connectivity index (χ2n) is 8.11. The highest BCUT2D eigenvalue weighted by Crippen LogP contribution is 2.36. The summed E-state index contributed by atoms with van der Waals surface area (Å²) in [5.74, 6) is 0.934. The predicted molar refractivity (Wildman–Crippen MR) is 97.8 cm³/mol. The Morgan fingerprint density at radius 1 is 1.23 bits per heavy atom. The third-order valence-electron chi connectivity index (χ3n) is 4.99. The number of methoxy groups -OCH3 is 1. The van der Waals surface area contributed by atoms with E-state index < -0.39 is 5.60 Å². The van der Waals surface area contributed by atoms with Gasteiger partial charge in [0.2, 0.25) is 5.88 Å². The molecule has 2 aliphatic rings. The second kappa shape index (κ2) is 7.25. The van der Waals surface area contributed by atoms with Crippen molar-refractivity contribution in [2.45, 2.75) is 64.4 Å². The molecule has 0 bridgehead atoms. The number of likely N-dealkylation sites (tertiary alicyclic amines) is 1. The zero-order valence-corrected chi connectivity index (χ0v) is 16.1. The Hall–Kier alpha value is -2.11. The van der Waals surface area contributed by atoms with Gasteiger partial charge in [-0.2, -0.15) is 0 Å². The van der Waals surface area contributed by atoms with E-state index in [9.17, 15) is 9.59 Å². The molecule has 142 valence electrons. The number of ether oxygens (including phenoxy) is 2. The molecule has 3 rings (SSSR count). The zero-order valence-electron chi connectivity index (χ0n) is 16.1. The molecule has 1 saturated heterocycles. The number of amides is 1. The molecule has 0 radical (unpaired) electrons. The normalized spacial score (nSPS) is 18.5. The Kier molecular flexibility index (Phi) is 5.21. The van der Waals surface area contributed by atoms with E-state index in [4.69, 9.17) is 9.47 Å². The van der Waals surface area contributed by atoms with Crippen LogP contribution in [0.5, 0.6) is 5.88 Å². The zero-order chi connectivity index (χ0) is 18.9. The van der Waals surface area contributed by atoms with Gasteiger partial charge in [0, 0.05) is 25.1 Å². The van der Waals surface area contributed by atoms with Crippen molar-refractivity contribution in [2.75, 3.05) is 20.2 Å². The van der Waals surface area contributed by atoms with Crippen molar-refractivity contribution in [3.8, 4) is 5.88 Å². The van der Waals surface area contributed by atoms with Gasteiger partial charge < -0.3 is 14.4 Å². The molecule has 0 spiro atoms. The van der Waals surface area contributed by atoms with Crippen LogP contribution < -0.4 is 4.74 Å². The fourth-order valence-electron chi connectivity index (χ4n) is 3.70. The highest BCUT2D eigenvalue weighted by Gasteiger charge is 2.30. The molecule has 6 nitrogen and oxygen atoms in total. The van der Waals surface area contributed by atoms with Gasteiger partial charge in [0.15, 0.2) is 5.78 Å². The van der Waals surface area contributed by atoms with Gasteiger partial charge in [0.25, 0.3) is 0 Å². The van der Waals surface area contributed by atoms with Gasteiger partial charge in [0.05, 0.1) is 7.11 Å². The lowest BCUT2D eigenvalue weighted by atomic mass is 9.86. The Morgan fingerprint density at radius 2 is 1.92 bits per heavy atom. The van der Waals surface area contributed by atoms with Crippen LogP contribution in [0, 0.1) is 0 Å². The quantitative estimate of drug-likeness (QED) is 0.804. The number of aromatic nitrogens is 1. The van der Waals surface area contributed by atoms with E-state index in [0.29, 0.717) is 31.1 Å². The molecular weight excluding hydrogens is 332 g/mol. The summed E-state index contributed by atoms with van der Waals surface area (Å²) >= 11 is 0. The summed E-state index contributed by atoms with van der Waals surface area (Å²) in [6.07, 6.45) is 3.76. The molecule has 0 saturated carbocycles. The number of nitrogens with zero attached hydrogens (tertiary/aromatic N) is 2. The van der Waals surface area contributed by atoms with Crippen molar-refractivity contribution in [3.63, 3.8) is 0 Å². The van der Waals surface area contributed by atoms with Crippen LogP contribution in [0.2, 0.25) is 0 Å². The Morgan fingerprint density at radius 3 is 2.54 bits per heavy atom. The molecule has 0 aromatic carbocycles. The first-order valence-corrected chi connectivity index (χ1v) is 9.37. The lowest BCUT2D eigenvalue weighted by Gasteiger charge is -2.34. The largest absolute Gasteiger partial charge is 0.481 e. The summed E-state index contributed by atoms with van der Waals surface area (Å²) < 4.78 is 10.9. The van der Waals surface area contributed by atoms with E-state index in [2.05, 4.69) is 11.1 Å². The van der Waals surface area contributed by atoms with E-state index in [1.165, 1.54) is 0 Å². The number of Topliss-reactive ketones (excluding diaryl/α,β-unsaturated/α-hetero) is 1. The van der Waals surface area contributed by atoms with E-state index >= 15 is 0 Å². The number of rotatable bonds is 2. The van der Waals surface area contributed by atoms with Crippen LogP contribution in [0.15, 0.2) is 6.07 Å². The van der Waals surface area contributed by atoms with Crippen molar-refractivity contribution in [1.29, 1.82) is 0 Å². The molecule has 1 aliphatic heterocycles. The highest BCUT2D eigenvalue weighted by atomic mass is 16.6. The lowest BCUT2D eigenvalue weighted by molar-refractivity contribution is 0.0204. The third-order valence-corrected chi connectivity index (χ3v) is 4.99. The molecule has 26 heavy (non-hydrogen) atoms. The smallest absolute Gasteiger partial charge is 0.410 e. The van der Waals surface area contributed by atoms with Crippen LogP contribution >= 0.6 is 0 Å². The Balaban J connectivity index is 1.73. The molecule has 2 heterocycles. The maximum absolute atomic E-state index is 12.2. The minimum absolute atomic E-state index is 0.107. The summed E-state index contributed by atoms with van der Waals surface area (Å²) in [6.45, 7) is 6.94. The maximum atomic E-state index is 12.2. The van der Waals surface area contributed by atoms with E-state index in [-0.39, 0.29) is 17.8 Å². The molecule has 0 unspecified atom stereocenters. The minimum atomic E-state index is -0.480.